The van der Waals surface area contributed by atoms with Crippen molar-refractivity contribution in [1.29, 1.82) is 0 Å². The lowest BCUT2D eigenvalue weighted by atomic mass is 9.99. The molecule has 0 spiro atoms. The number of likely N-dealkylation sites (N-methyl/N-ethyl adjacent to an activating group) is 1. The molecule has 1 aromatic heterocycles. The Morgan fingerprint density at radius 1 is 0.829 bits per heavy atom. The van der Waals surface area contributed by atoms with Crippen molar-refractivity contribution >= 4 is 5.91 Å². The summed E-state index contributed by atoms with van der Waals surface area (Å²) in [5.41, 5.74) is -1.29. The van der Waals surface area contributed by atoms with E-state index in [4.69, 9.17) is 9.47 Å². The van der Waals surface area contributed by atoms with Gasteiger partial charge in [0.2, 0.25) is 0 Å². The van der Waals surface area contributed by atoms with Gasteiger partial charge in [-0.25, -0.2) is 4.98 Å². The van der Waals surface area contributed by atoms with Crippen molar-refractivity contribution in [3.8, 4) is 28.3 Å². The summed E-state index contributed by atoms with van der Waals surface area (Å²) in [5, 5.41) is 0. The van der Waals surface area contributed by atoms with Crippen molar-refractivity contribution < 1.29 is 40.6 Å². The highest BCUT2D eigenvalue weighted by atomic mass is 19.4. The van der Waals surface area contributed by atoms with E-state index in [9.17, 15) is 31.1 Å². The summed E-state index contributed by atoms with van der Waals surface area (Å²) in [7, 11) is 4.70. The average Bonchev–Trinajstić information content (AvgIpc) is 3.44. The van der Waals surface area contributed by atoms with Gasteiger partial charge in [0.05, 0.1) is 37.9 Å². The minimum Gasteiger partial charge on any atom is -0.493 e. The van der Waals surface area contributed by atoms with Crippen LogP contribution in [0.3, 0.4) is 0 Å². The Labute approximate surface area is 231 Å². The van der Waals surface area contributed by atoms with Crippen LogP contribution in [0.4, 0.5) is 26.3 Å². The number of rotatable bonds is 8. The Bertz CT molecular complexity index is 1500. The lowest BCUT2D eigenvalue weighted by molar-refractivity contribution is -0.143. The summed E-state index contributed by atoms with van der Waals surface area (Å²) in [6.45, 7) is 0.371. The van der Waals surface area contributed by atoms with Gasteiger partial charge in [0, 0.05) is 19.3 Å². The predicted molar refractivity (Wildman–Crippen MR) is 139 cm³/mol. The molecule has 0 atom stereocenters. The molecule has 0 aliphatic carbocycles. The molecule has 6 nitrogen and oxygen atoms in total. The molecule has 0 aliphatic heterocycles. The molecule has 0 saturated carbocycles. The largest absolute Gasteiger partial charge is 0.493 e. The van der Waals surface area contributed by atoms with Gasteiger partial charge in [-0.15, -0.1) is 0 Å². The maximum atomic E-state index is 13.3. The van der Waals surface area contributed by atoms with Gasteiger partial charge in [-0.1, -0.05) is 18.2 Å². The number of nitrogens with zero attached hydrogens (tertiary/aromatic N) is 3. The number of amides is 1. The number of imidazole rings is 1. The zero-order valence-corrected chi connectivity index (χ0v) is 22.2. The molecule has 4 aromatic rings. The number of benzene rings is 3. The van der Waals surface area contributed by atoms with Crippen molar-refractivity contribution in [2.45, 2.75) is 18.8 Å². The predicted octanol–water partition coefficient (Wildman–Crippen LogP) is 6.91. The lowest BCUT2D eigenvalue weighted by Crippen LogP contribution is -2.30. The Kier molecular flexibility index (Phi) is 8.32. The molecule has 0 fully saturated rings. The summed E-state index contributed by atoms with van der Waals surface area (Å²) in [6.07, 6.45) is -6.59. The van der Waals surface area contributed by atoms with Crippen LogP contribution in [0.5, 0.6) is 11.5 Å². The smallest absolute Gasteiger partial charge is 0.416 e. The van der Waals surface area contributed by atoms with Crippen molar-refractivity contribution in [3.63, 3.8) is 0 Å². The molecular weight excluding hydrogens is 552 g/mol. The van der Waals surface area contributed by atoms with Crippen LogP contribution in [0.2, 0.25) is 0 Å². The van der Waals surface area contributed by atoms with Gasteiger partial charge >= 0.3 is 12.4 Å². The van der Waals surface area contributed by atoms with E-state index in [-0.39, 0.29) is 28.8 Å². The normalized spacial score (nSPS) is 11.8. The highest BCUT2D eigenvalue weighted by Gasteiger charge is 2.37. The van der Waals surface area contributed by atoms with Gasteiger partial charge in [-0.05, 0) is 65.6 Å². The highest BCUT2D eigenvalue weighted by molar-refractivity contribution is 5.93. The van der Waals surface area contributed by atoms with Crippen LogP contribution in [-0.2, 0) is 18.8 Å². The quantitative estimate of drug-likeness (QED) is 0.214. The molecule has 41 heavy (non-hydrogen) atoms. The van der Waals surface area contributed by atoms with Crippen molar-refractivity contribution in [2.75, 3.05) is 27.8 Å². The van der Waals surface area contributed by atoms with E-state index in [0.29, 0.717) is 42.3 Å². The first kappa shape index (κ1) is 29.5. The third kappa shape index (κ3) is 6.64. The van der Waals surface area contributed by atoms with Gasteiger partial charge in [-0.2, -0.15) is 26.3 Å². The molecule has 1 amide bonds. The number of carbonyl (C=O) groups excluding carboxylic acids is 1. The first-order valence-electron chi connectivity index (χ1n) is 12.2. The second kappa shape index (κ2) is 11.6. The van der Waals surface area contributed by atoms with Crippen LogP contribution in [0.25, 0.3) is 16.8 Å². The minimum atomic E-state index is -4.95. The highest BCUT2D eigenvalue weighted by Crippen LogP contribution is 2.38. The first-order valence-corrected chi connectivity index (χ1v) is 12.2. The summed E-state index contributed by atoms with van der Waals surface area (Å²) in [4.78, 5) is 18.8. The van der Waals surface area contributed by atoms with Gasteiger partial charge in [-0.3, -0.25) is 9.36 Å². The number of hydrogen-bond donors (Lipinski definition) is 0. The molecular formula is C29H25F6N3O3. The third-order valence-corrected chi connectivity index (χ3v) is 6.45. The molecule has 0 bridgehead atoms. The third-order valence-electron chi connectivity index (χ3n) is 6.45. The number of ether oxygens (including phenoxy) is 2. The van der Waals surface area contributed by atoms with Crippen LogP contribution < -0.4 is 9.47 Å². The van der Waals surface area contributed by atoms with E-state index in [0.717, 1.165) is 5.56 Å². The SMILES string of the molecule is COc1ccc(CCN(C)C(=O)c2cncn2-c2ccc(-c3cc(C(F)(F)F)cc(C(F)(F)F)c3)cc2)cc1OC. The first-order chi connectivity index (χ1) is 19.3. The number of carbonyl (C=O) groups is 1. The average molecular weight is 578 g/mol. The van der Waals surface area contributed by atoms with Crippen molar-refractivity contribution in [1.82, 2.24) is 14.5 Å². The van der Waals surface area contributed by atoms with Gasteiger partial charge in [0.15, 0.2) is 11.5 Å². The fourth-order valence-electron chi connectivity index (χ4n) is 4.23. The van der Waals surface area contributed by atoms with E-state index in [2.05, 4.69) is 4.98 Å². The second-order valence-electron chi connectivity index (χ2n) is 9.16. The maximum Gasteiger partial charge on any atom is 0.416 e. The molecule has 216 valence electrons. The van der Waals surface area contributed by atoms with E-state index < -0.39 is 23.5 Å². The molecule has 0 radical (unpaired) electrons. The van der Waals surface area contributed by atoms with E-state index in [1.54, 1.807) is 13.1 Å². The van der Waals surface area contributed by atoms with Crippen LogP contribution in [0.1, 0.15) is 27.2 Å². The Morgan fingerprint density at radius 3 is 2.00 bits per heavy atom. The fraction of sp³-hybridized carbons (Fsp3) is 0.241. The summed E-state index contributed by atoms with van der Waals surface area (Å²) >= 11 is 0. The molecule has 3 aromatic carbocycles. The lowest BCUT2D eigenvalue weighted by Gasteiger charge is -2.19. The molecule has 0 unspecified atom stereocenters. The number of methoxy groups -OCH3 is 2. The Balaban J connectivity index is 1.54. The molecule has 0 N–H and O–H groups in total. The minimum absolute atomic E-state index is 0.0862. The standard InChI is InChI=1S/C29H25F6N3O3/c1-37(11-10-18-4-9-25(40-2)26(12-18)41-3)27(39)24-16-36-17-38(24)23-7-5-19(6-8-23)20-13-21(28(30,31)32)15-22(14-20)29(33,34)35/h4-9,12-17H,10-11H2,1-3H3. The Morgan fingerprint density at radius 2 is 1.44 bits per heavy atom. The Hall–Kier alpha value is -4.48. The molecule has 4 rings (SSSR count). The monoisotopic (exact) mass is 577 g/mol. The van der Waals surface area contributed by atoms with Gasteiger partial charge in [0.25, 0.3) is 5.91 Å². The van der Waals surface area contributed by atoms with Crippen LogP contribution in [0.15, 0.2) is 73.2 Å². The molecule has 0 saturated heterocycles. The topological polar surface area (TPSA) is 56.6 Å². The summed E-state index contributed by atoms with van der Waals surface area (Å²) in [5.74, 6) is 0.824. The molecule has 1 heterocycles. The summed E-state index contributed by atoms with van der Waals surface area (Å²) in [6, 6.07) is 12.7. The second-order valence-corrected chi connectivity index (χ2v) is 9.16. The number of halogens is 6. The molecule has 0 aliphatic rings. The number of hydrogen-bond acceptors (Lipinski definition) is 4. The summed E-state index contributed by atoms with van der Waals surface area (Å²) < 4.78 is 91.7. The maximum absolute atomic E-state index is 13.3. The van der Waals surface area contributed by atoms with Crippen molar-refractivity contribution in [2.24, 2.45) is 0 Å². The van der Waals surface area contributed by atoms with E-state index >= 15 is 0 Å². The number of aromatic nitrogens is 2. The van der Waals surface area contributed by atoms with E-state index in [1.807, 2.05) is 12.1 Å². The number of alkyl halides is 6. The van der Waals surface area contributed by atoms with Crippen LogP contribution >= 0.6 is 0 Å². The fourth-order valence-corrected chi connectivity index (χ4v) is 4.23. The van der Waals surface area contributed by atoms with Gasteiger partial charge < -0.3 is 14.4 Å². The zero-order chi connectivity index (χ0) is 29.9. The molecule has 12 heteroatoms. The van der Waals surface area contributed by atoms with Crippen LogP contribution in [0, 0.1) is 0 Å². The van der Waals surface area contributed by atoms with Crippen molar-refractivity contribution in [3.05, 3.63) is 95.6 Å². The van der Waals surface area contributed by atoms with Gasteiger partial charge in [0.1, 0.15) is 5.69 Å². The van der Waals surface area contributed by atoms with E-state index in [1.165, 1.54) is 60.5 Å². The van der Waals surface area contributed by atoms with Crippen LogP contribution in [-0.4, -0.2) is 48.2 Å². The zero-order valence-electron chi connectivity index (χ0n) is 22.2.